The van der Waals surface area contributed by atoms with Crippen LogP contribution in [0.25, 0.3) is 0 Å². The van der Waals surface area contributed by atoms with Crippen molar-refractivity contribution in [3.05, 3.63) is 65.7 Å². The van der Waals surface area contributed by atoms with Crippen LogP contribution in [0.2, 0.25) is 0 Å². The molecule has 1 atom stereocenters. The number of anilines is 1. The van der Waals surface area contributed by atoms with Crippen molar-refractivity contribution in [2.24, 2.45) is 0 Å². The van der Waals surface area contributed by atoms with Crippen LogP contribution in [0.15, 0.2) is 54.6 Å². The Morgan fingerprint density at radius 3 is 2.67 bits per heavy atom. The molecule has 1 heterocycles. The molecule has 2 nitrogen and oxygen atoms in total. The summed E-state index contributed by atoms with van der Waals surface area (Å²) < 4.78 is 0. The van der Waals surface area contributed by atoms with Crippen molar-refractivity contribution in [2.45, 2.75) is 25.8 Å². The fraction of sp³-hybridized carbons (Fsp3) is 0.368. The molecule has 1 aliphatic rings. The zero-order valence-electron chi connectivity index (χ0n) is 13.0. The molecule has 3 rings (SSSR count). The van der Waals surface area contributed by atoms with Crippen molar-refractivity contribution in [3.63, 3.8) is 0 Å². The third-order valence-electron chi connectivity index (χ3n) is 4.50. The smallest absolute Gasteiger partial charge is 0.0584 e. The molecule has 2 heteroatoms. The molecule has 1 fully saturated rings. The number of benzene rings is 2. The van der Waals surface area contributed by atoms with Crippen molar-refractivity contribution in [3.8, 4) is 0 Å². The van der Waals surface area contributed by atoms with Gasteiger partial charge in [-0.25, -0.2) is 0 Å². The number of hydrogen-bond donors (Lipinski definition) is 1. The lowest BCUT2D eigenvalue weighted by molar-refractivity contribution is 0.332. The summed E-state index contributed by atoms with van der Waals surface area (Å²) in [4.78, 5) is 2.50. The van der Waals surface area contributed by atoms with Crippen LogP contribution < -0.4 is 10.2 Å². The Morgan fingerprint density at radius 1 is 1.10 bits per heavy atom. The first-order valence-electron chi connectivity index (χ1n) is 7.86. The number of nitrogens with zero attached hydrogens (tertiary/aromatic N) is 1. The largest absolute Gasteiger partial charge is 0.368 e. The van der Waals surface area contributed by atoms with Crippen LogP contribution in [-0.4, -0.2) is 19.6 Å². The lowest BCUT2D eigenvalue weighted by atomic mass is 9.89. The molecule has 1 unspecified atom stereocenters. The second-order valence-corrected chi connectivity index (χ2v) is 6.07. The summed E-state index contributed by atoms with van der Waals surface area (Å²) in [5.74, 6) is 0. The molecule has 2 aromatic carbocycles. The molecule has 0 bridgehead atoms. The van der Waals surface area contributed by atoms with E-state index in [1.165, 1.54) is 16.8 Å². The predicted molar refractivity (Wildman–Crippen MR) is 89.8 cm³/mol. The first-order valence-corrected chi connectivity index (χ1v) is 7.86. The quantitative estimate of drug-likeness (QED) is 0.924. The first kappa shape index (κ1) is 14.2. The van der Waals surface area contributed by atoms with Gasteiger partial charge in [-0.1, -0.05) is 49.4 Å². The van der Waals surface area contributed by atoms with Gasteiger partial charge in [0.25, 0.3) is 0 Å². The van der Waals surface area contributed by atoms with Crippen LogP contribution in [0.3, 0.4) is 0 Å². The van der Waals surface area contributed by atoms with E-state index in [1.54, 1.807) is 0 Å². The van der Waals surface area contributed by atoms with Gasteiger partial charge in [0.1, 0.15) is 0 Å². The number of hydrogen-bond acceptors (Lipinski definition) is 2. The van der Waals surface area contributed by atoms with E-state index >= 15 is 0 Å². The molecular formula is C19H24N2. The van der Waals surface area contributed by atoms with Crippen molar-refractivity contribution in [2.75, 3.05) is 24.5 Å². The van der Waals surface area contributed by atoms with Gasteiger partial charge in [0.15, 0.2) is 0 Å². The Hall–Kier alpha value is -1.80. The molecule has 0 aliphatic carbocycles. The summed E-state index contributed by atoms with van der Waals surface area (Å²) in [5, 5.41) is 3.70. The minimum absolute atomic E-state index is 0.0156. The highest BCUT2D eigenvalue weighted by Crippen LogP contribution is 2.28. The molecule has 0 spiro atoms. The van der Waals surface area contributed by atoms with E-state index in [9.17, 15) is 0 Å². The van der Waals surface area contributed by atoms with E-state index in [0.717, 1.165) is 26.1 Å². The first-order chi connectivity index (χ1) is 10.2. The van der Waals surface area contributed by atoms with E-state index in [2.05, 4.69) is 78.7 Å². The molecule has 0 radical (unpaired) electrons. The lowest BCUT2D eigenvalue weighted by Crippen LogP contribution is -2.56. The Kier molecular flexibility index (Phi) is 3.98. The zero-order chi connectivity index (χ0) is 14.7. The van der Waals surface area contributed by atoms with Crippen LogP contribution >= 0.6 is 0 Å². The Balaban J connectivity index is 1.85. The maximum Gasteiger partial charge on any atom is 0.0584 e. The second kappa shape index (κ2) is 5.90. The monoisotopic (exact) mass is 280 g/mol. The van der Waals surface area contributed by atoms with Gasteiger partial charge in [-0.2, -0.15) is 0 Å². The SMILES string of the molecule is CCc1cccc(N2CCNC(C)(c3ccccc3)C2)c1. The summed E-state index contributed by atoms with van der Waals surface area (Å²) in [7, 11) is 0. The van der Waals surface area contributed by atoms with Crippen LogP contribution in [-0.2, 0) is 12.0 Å². The Morgan fingerprint density at radius 2 is 1.90 bits per heavy atom. The summed E-state index contributed by atoms with van der Waals surface area (Å²) in [6.07, 6.45) is 1.09. The molecule has 1 N–H and O–H groups in total. The summed E-state index contributed by atoms with van der Waals surface area (Å²) in [6.45, 7) is 7.60. The van der Waals surface area contributed by atoms with Crippen molar-refractivity contribution in [1.29, 1.82) is 0 Å². The molecule has 1 aliphatic heterocycles. The molecular weight excluding hydrogens is 256 g/mol. The van der Waals surface area contributed by atoms with Crippen molar-refractivity contribution in [1.82, 2.24) is 5.32 Å². The second-order valence-electron chi connectivity index (χ2n) is 6.07. The topological polar surface area (TPSA) is 15.3 Å². The average Bonchev–Trinajstić information content (AvgIpc) is 2.56. The molecule has 110 valence electrons. The molecule has 0 saturated carbocycles. The van der Waals surface area contributed by atoms with Crippen LogP contribution in [0.4, 0.5) is 5.69 Å². The summed E-state index contributed by atoms with van der Waals surface area (Å²) in [5.41, 5.74) is 4.13. The van der Waals surface area contributed by atoms with Gasteiger partial charge in [-0.15, -0.1) is 0 Å². The molecule has 0 aromatic heterocycles. The van der Waals surface area contributed by atoms with E-state index in [1.807, 2.05) is 0 Å². The van der Waals surface area contributed by atoms with E-state index < -0.39 is 0 Å². The number of aryl methyl sites for hydroxylation is 1. The normalized spacial score (nSPS) is 22.3. The van der Waals surface area contributed by atoms with Crippen molar-refractivity contribution < 1.29 is 0 Å². The van der Waals surface area contributed by atoms with Gasteiger partial charge < -0.3 is 10.2 Å². The average molecular weight is 280 g/mol. The highest BCUT2D eigenvalue weighted by atomic mass is 15.2. The molecule has 1 saturated heterocycles. The number of rotatable bonds is 3. The fourth-order valence-electron chi connectivity index (χ4n) is 3.18. The van der Waals surface area contributed by atoms with E-state index in [-0.39, 0.29) is 5.54 Å². The Bertz CT molecular complexity index is 594. The lowest BCUT2D eigenvalue weighted by Gasteiger charge is -2.43. The van der Waals surface area contributed by atoms with Crippen LogP contribution in [0.5, 0.6) is 0 Å². The van der Waals surface area contributed by atoms with Crippen LogP contribution in [0, 0.1) is 0 Å². The van der Waals surface area contributed by atoms with Gasteiger partial charge in [-0.3, -0.25) is 0 Å². The standard InChI is InChI=1S/C19H24N2/c1-3-16-8-7-11-18(14-16)21-13-12-20-19(2,15-21)17-9-5-4-6-10-17/h4-11,14,20H,3,12-13,15H2,1-2H3. The van der Waals surface area contributed by atoms with Gasteiger partial charge in [0, 0.05) is 25.3 Å². The number of piperazine rings is 1. The molecule has 21 heavy (non-hydrogen) atoms. The van der Waals surface area contributed by atoms with Crippen molar-refractivity contribution >= 4 is 5.69 Å². The van der Waals surface area contributed by atoms with Crippen LogP contribution in [0.1, 0.15) is 25.0 Å². The summed E-state index contributed by atoms with van der Waals surface area (Å²) >= 11 is 0. The fourth-order valence-corrected chi connectivity index (χ4v) is 3.18. The maximum absolute atomic E-state index is 3.70. The zero-order valence-corrected chi connectivity index (χ0v) is 13.0. The molecule has 0 amide bonds. The van der Waals surface area contributed by atoms with E-state index in [0.29, 0.717) is 0 Å². The van der Waals surface area contributed by atoms with Gasteiger partial charge in [0.2, 0.25) is 0 Å². The van der Waals surface area contributed by atoms with Gasteiger partial charge >= 0.3 is 0 Å². The third-order valence-corrected chi connectivity index (χ3v) is 4.50. The molecule has 2 aromatic rings. The minimum Gasteiger partial charge on any atom is -0.368 e. The predicted octanol–water partition coefficient (Wildman–Crippen LogP) is 3.57. The maximum atomic E-state index is 3.70. The minimum atomic E-state index is 0.0156. The highest BCUT2D eigenvalue weighted by molar-refractivity contribution is 5.50. The Labute approximate surface area is 127 Å². The number of nitrogens with one attached hydrogen (secondary N) is 1. The third kappa shape index (κ3) is 2.96. The highest BCUT2D eigenvalue weighted by Gasteiger charge is 2.32. The van der Waals surface area contributed by atoms with Gasteiger partial charge in [0.05, 0.1) is 5.54 Å². The van der Waals surface area contributed by atoms with Gasteiger partial charge in [-0.05, 0) is 36.6 Å². The van der Waals surface area contributed by atoms with E-state index in [4.69, 9.17) is 0 Å². The summed E-state index contributed by atoms with van der Waals surface area (Å²) in [6, 6.07) is 19.7.